The van der Waals surface area contributed by atoms with Gasteiger partial charge in [-0.1, -0.05) is 36.4 Å². The van der Waals surface area contributed by atoms with Crippen LogP contribution in [0.25, 0.3) is 0 Å². The Labute approximate surface area is 126 Å². The zero-order valence-corrected chi connectivity index (χ0v) is 12.5. The van der Waals surface area contributed by atoms with E-state index in [9.17, 15) is 4.79 Å². The highest BCUT2D eigenvalue weighted by molar-refractivity contribution is 5.93. The molecule has 2 aromatic carbocycles. The molecule has 0 fully saturated rings. The van der Waals surface area contributed by atoms with E-state index in [1.807, 2.05) is 73.6 Å². The number of hydrogen-bond acceptors (Lipinski definition) is 2. The second-order valence-electron chi connectivity index (χ2n) is 5.32. The summed E-state index contributed by atoms with van der Waals surface area (Å²) in [5, 5.41) is 2.93. The first-order chi connectivity index (χ1) is 10.1. The van der Waals surface area contributed by atoms with Crippen LogP contribution in [0.2, 0.25) is 0 Å². The summed E-state index contributed by atoms with van der Waals surface area (Å²) >= 11 is 0. The van der Waals surface area contributed by atoms with E-state index in [-0.39, 0.29) is 11.8 Å². The molecule has 0 aliphatic carbocycles. The van der Waals surface area contributed by atoms with Crippen LogP contribution in [0.1, 0.15) is 5.56 Å². The smallest absolute Gasteiger partial charge is 0.227 e. The molecule has 21 heavy (non-hydrogen) atoms. The predicted octanol–water partition coefficient (Wildman–Crippen LogP) is 3.38. The molecule has 1 atom stereocenters. The standard InChI is InChI=1S/C18H21N2O/c1-14(12-15-8-5-4-6-9-15)18(21)19-16-10-7-11-17(13-16)20(2)3/h4-11,13-14H,1,12H2,2-3H3,(H,19,21)/t14-/m0/s1. The summed E-state index contributed by atoms with van der Waals surface area (Å²) in [6, 6.07) is 17.7. The lowest BCUT2D eigenvalue weighted by Gasteiger charge is -2.16. The summed E-state index contributed by atoms with van der Waals surface area (Å²) < 4.78 is 0. The van der Waals surface area contributed by atoms with Crippen molar-refractivity contribution < 1.29 is 4.79 Å². The highest BCUT2D eigenvalue weighted by atomic mass is 16.1. The van der Waals surface area contributed by atoms with Crippen LogP contribution in [0.15, 0.2) is 54.6 Å². The van der Waals surface area contributed by atoms with Crippen LogP contribution in [-0.2, 0) is 11.2 Å². The lowest BCUT2D eigenvalue weighted by atomic mass is 10.0. The van der Waals surface area contributed by atoms with Gasteiger partial charge in [0, 0.05) is 31.4 Å². The van der Waals surface area contributed by atoms with Crippen molar-refractivity contribution >= 4 is 17.3 Å². The SMILES string of the molecule is [CH2][C@@H](Cc1ccccc1)C(=O)Nc1cccc(N(C)C)c1. The third-order valence-electron chi connectivity index (χ3n) is 3.33. The van der Waals surface area contributed by atoms with Crippen LogP contribution in [0.5, 0.6) is 0 Å². The number of nitrogens with zero attached hydrogens (tertiary/aromatic N) is 1. The van der Waals surface area contributed by atoms with E-state index < -0.39 is 0 Å². The van der Waals surface area contributed by atoms with Crippen LogP contribution in [0.4, 0.5) is 11.4 Å². The monoisotopic (exact) mass is 281 g/mol. The van der Waals surface area contributed by atoms with E-state index in [2.05, 4.69) is 12.2 Å². The number of anilines is 2. The van der Waals surface area contributed by atoms with Gasteiger partial charge in [0.1, 0.15) is 0 Å². The minimum atomic E-state index is -0.310. The Morgan fingerprint density at radius 2 is 1.86 bits per heavy atom. The fraction of sp³-hybridized carbons (Fsp3) is 0.222. The molecule has 0 aliphatic rings. The molecule has 1 amide bonds. The molecule has 0 unspecified atom stereocenters. The average Bonchev–Trinajstić information content (AvgIpc) is 2.48. The Kier molecular flexibility index (Phi) is 4.99. The molecule has 0 spiro atoms. The summed E-state index contributed by atoms with van der Waals surface area (Å²) in [6.07, 6.45) is 0.639. The molecular weight excluding hydrogens is 260 g/mol. The van der Waals surface area contributed by atoms with E-state index in [0.717, 1.165) is 16.9 Å². The molecule has 0 heterocycles. The number of benzene rings is 2. The fourth-order valence-electron chi connectivity index (χ4n) is 2.10. The number of rotatable bonds is 5. The fourth-order valence-corrected chi connectivity index (χ4v) is 2.10. The normalized spacial score (nSPS) is 11.8. The Morgan fingerprint density at radius 3 is 2.52 bits per heavy atom. The maximum atomic E-state index is 12.2. The van der Waals surface area contributed by atoms with Gasteiger partial charge in [0.2, 0.25) is 5.91 Å². The molecule has 109 valence electrons. The second kappa shape index (κ2) is 6.93. The lowest BCUT2D eigenvalue weighted by Crippen LogP contribution is -2.22. The molecule has 3 heteroatoms. The Bertz CT molecular complexity index is 593. The molecule has 3 nitrogen and oxygen atoms in total. The summed E-state index contributed by atoms with van der Waals surface area (Å²) in [6.45, 7) is 3.96. The van der Waals surface area contributed by atoms with E-state index in [4.69, 9.17) is 0 Å². The molecule has 2 aromatic rings. The van der Waals surface area contributed by atoms with Crippen molar-refractivity contribution in [3.8, 4) is 0 Å². The summed E-state index contributed by atoms with van der Waals surface area (Å²) in [5.74, 6) is -0.370. The van der Waals surface area contributed by atoms with Crippen molar-refractivity contribution in [1.29, 1.82) is 0 Å². The number of amides is 1. The third-order valence-corrected chi connectivity index (χ3v) is 3.33. The van der Waals surface area contributed by atoms with E-state index in [1.165, 1.54) is 0 Å². The van der Waals surface area contributed by atoms with Gasteiger partial charge in [-0.25, -0.2) is 0 Å². The van der Waals surface area contributed by atoms with Gasteiger partial charge in [-0.05, 0) is 37.1 Å². The molecule has 0 aliphatic heterocycles. The minimum absolute atomic E-state index is 0.0604. The number of carbonyl (C=O) groups is 1. The lowest BCUT2D eigenvalue weighted by molar-refractivity contribution is -0.118. The largest absolute Gasteiger partial charge is 0.378 e. The van der Waals surface area contributed by atoms with Gasteiger partial charge in [0.05, 0.1) is 0 Å². The zero-order valence-electron chi connectivity index (χ0n) is 12.5. The van der Waals surface area contributed by atoms with Crippen LogP contribution >= 0.6 is 0 Å². The van der Waals surface area contributed by atoms with Gasteiger partial charge in [0.25, 0.3) is 0 Å². The highest BCUT2D eigenvalue weighted by Crippen LogP contribution is 2.18. The number of hydrogen-bond donors (Lipinski definition) is 1. The maximum Gasteiger partial charge on any atom is 0.227 e. The van der Waals surface area contributed by atoms with Crippen molar-refractivity contribution in [2.75, 3.05) is 24.3 Å². The Hall–Kier alpha value is -2.29. The summed E-state index contributed by atoms with van der Waals surface area (Å²) in [4.78, 5) is 14.2. The quantitative estimate of drug-likeness (QED) is 0.911. The minimum Gasteiger partial charge on any atom is -0.378 e. The van der Waals surface area contributed by atoms with Gasteiger partial charge in [-0.15, -0.1) is 0 Å². The number of nitrogens with one attached hydrogen (secondary N) is 1. The summed E-state index contributed by atoms with van der Waals surface area (Å²) in [5.41, 5.74) is 2.97. The van der Waals surface area contributed by atoms with E-state index in [0.29, 0.717) is 6.42 Å². The van der Waals surface area contributed by atoms with Gasteiger partial charge < -0.3 is 10.2 Å². The molecular formula is C18H21N2O. The van der Waals surface area contributed by atoms with Crippen LogP contribution in [-0.4, -0.2) is 20.0 Å². The molecule has 1 radical (unpaired) electrons. The molecule has 2 rings (SSSR count). The second-order valence-corrected chi connectivity index (χ2v) is 5.32. The first-order valence-corrected chi connectivity index (χ1v) is 7.01. The Balaban J connectivity index is 1.99. The van der Waals surface area contributed by atoms with Crippen LogP contribution in [0, 0.1) is 12.8 Å². The molecule has 0 bridgehead atoms. The maximum absolute atomic E-state index is 12.2. The topological polar surface area (TPSA) is 32.3 Å². The van der Waals surface area contributed by atoms with E-state index in [1.54, 1.807) is 0 Å². The first-order valence-electron chi connectivity index (χ1n) is 7.01. The molecule has 1 N–H and O–H groups in total. The zero-order chi connectivity index (χ0) is 15.2. The highest BCUT2D eigenvalue weighted by Gasteiger charge is 2.14. The van der Waals surface area contributed by atoms with Crippen molar-refractivity contribution in [2.45, 2.75) is 6.42 Å². The molecule has 0 aromatic heterocycles. The third kappa shape index (κ3) is 4.35. The van der Waals surface area contributed by atoms with Gasteiger partial charge in [-0.3, -0.25) is 4.79 Å². The first kappa shape index (κ1) is 15.1. The van der Waals surface area contributed by atoms with Crippen molar-refractivity contribution in [3.63, 3.8) is 0 Å². The van der Waals surface area contributed by atoms with E-state index >= 15 is 0 Å². The van der Waals surface area contributed by atoms with Crippen molar-refractivity contribution in [2.24, 2.45) is 5.92 Å². The predicted molar refractivity (Wildman–Crippen MR) is 88.4 cm³/mol. The molecule has 0 saturated carbocycles. The van der Waals surface area contributed by atoms with Crippen LogP contribution in [0.3, 0.4) is 0 Å². The van der Waals surface area contributed by atoms with Gasteiger partial charge in [0.15, 0.2) is 0 Å². The Morgan fingerprint density at radius 1 is 1.14 bits per heavy atom. The van der Waals surface area contributed by atoms with Gasteiger partial charge >= 0.3 is 0 Å². The number of carbonyl (C=O) groups excluding carboxylic acids is 1. The average molecular weight is 281 g/mol. The van der Waals surface area contributed by atoms with Crippen LogP contribution < -0.4 is 10.2 Å². The summed E-state index contributed by atoms with van der Waals surface area (Å²) in [7, 11) is 3.95. The molecule has 0 saturated heterocycles. The van der Waals surface area contributed by atoms with Gasteiger partial charge in [-0.2, -0.15) is 0 Å². The van der Waals surface area contributed by atoms with Crippen molar-refractivity contribution in [1.82, 2.24) is 0 Å². The van der Waals surface area contributed by atoms with Crippen molar-refractivity contribution in [3.05, 3.63) is 67.1 Å².